The SMILES string of the molecule is CC(CN1CCCC1)Nc1cc(N)cc([N+](=O)[O-])c1. The van der Waals surface area contributed by atoms with Crippen molar-refractivity contribution in [3.63, 3.8) is 0 Å². The number of hydrogen-bond acceptors (Lipinski definition) is 5. The number of benzene rings is 1. The van der Waals surface area contributed by atoms with Crippen molar-refractivity contribution >= 4 is 17.1 Å². The molecule has 0 aromatic heterocycles. The summed E-state index contributed by atoms with van der Waals surface area (Å²) in [7, 11) is 0. The van der Waals surface area contributed by atoms with Crippen molar-refractivity contribution < 1.29 is 4.92 Å². The standard InChI is InChI=1S/C13H20N4O2/c1-10(9-16-4-2-3-5-16)15-12-6-11(14)7-13(8-12)17(18)19/h6-8,10,15H,2-5,9,14H2,1H3. The Kier molecular flexibility index (Phi) is 4.21. The van der Waals surface area contributed by atoms with Crippen LogP contribution in [0.5, 0.6) is 0 Å². The van der Waals surface area contributed by atoms with Crippen LogP contribution in [-0.2, 0) is 0 Å². The molecule has 0 aliphatic carbocycles. The number of nitrogen functional groups attached to an aromatic ring is 1. The molecule has 6 heteroatoms. The molecule has 0 radical (unpaired) electrons. The van der Waals surface area contributed by atoms with Gasteiger partial charge in [-0.05, 0) is 38.9 Å². The second-order valence-corrected chi connectivity index (χ2v) is 5.12. The highest BCUT2D eigenvalue weighted by atomic mass is 16.6. The number of likely N-dealkylation sites (tertiary alicyclic amines) is 1. The highest BCUT2D eigenvalue weighted by molar-refractivity contribution is 5.61. The third-order valence-electron chi connectivity index (χ3n) is 3.29. The molecular weight excluding hydrogens is 244 g/mol. The smallest absolute Gasteiger partial charge is 0.273 e. The normalized spacial score (nSPS) is 17.3. The average molecular weight is 264 g/mol. The van der Waals surface area contributed by atoms with E-state index in [1.54, 1.807) is 6.07 Å². The van der Waals surface area contributed by atoms with Gasteiger partial charge in [0.25, 0.3) is 5.69 Å². The van der Waals surface area contributed by atoms with Crippen LogP contribution < -0.4 is 11.1 Å². The molecule has 0 amide bonds. The number of non-ortho nitro benzene ring substituents is 1. The van der Waals surface area contributed by atoms with E-state index < -0.39 is 4.92 Å². The molecule has 3 N–H and O–H groups in total. The van der Waals surface area contributed by atoms with Crippen molar-refractivity contribution in [1.82, 2.24) is 4.90 Å². The van der Waals surface area contributed by atoms with Gasteiger partial charge >= 0.3 is 0 Å². The van der Waals surface area contributed by atoms with Gasteiger partial charge in [0.1, 0.15) is 0 Å². The molecule has 1 aromatic rings. The van der Waals surface area contributed by atoms with Crippen LogP contribution in [0.25, 0.3) is 0 Å². The first-order valence-corrected chi connectivity index (χ1v) is 6.58. The van der Waals surface area contributed by atoms with Crippen molar-refractivity contribution in [1.29, 1.82) is 0 Å². The van der Waals surface area contributed by atoms with Crippen LogP contribution in [0.1, 0.15) is 19.8 Å². The van der Waals surface area contributed by atoms with Gasteiger partial charge in [0.2, 0.25) is 0 Å². The average Bonchev–Trinajstić information content (AvgIpc) is 2.80. The van der Waals surface area contributed by atoms with Crippen LogP contribution in [-0.4, -0.2) is 35.5 Å². The molecule has 2 rings (SSSR count). The number of hydrogen-bond donors (Lipinski definition) is 2. The van der Waals surface area contributed by atoms with Gasteiger partial charge in [0, 0.05) is 36.1 Å². The largest absolute Gasteiger partial charge is 0.398 e. The summed E-state index contributed by atoms with van der Waals surface area (Å²) in [4.78, 5) is 12.8. The van der Waals surface area contributed by atoms with E-state index in [-0.39, 0.29) is 11.7 Å². The fourth-order valence-electron chi connectivity index (χ4n) is 2.51. The number of rotatable bonds is 5. The van der Waals surface area contributed by atoms with Gasteiger partial charge in [0.15, 0.2) is 0 Å². The molecule has 1 aliphatic heterocycles. The van der Waals surface area contributed by atoms with E-state index in [0.717, 1.165) is 19.6 Å². The Hall–Kier alpha value is -1.82. The van der Waals surface area contributed by atoms with E-state index in [9.17, 15) is 10.1 Å². The van der Waals surface area contributed by atoms with Crippen molar-refractivity contribution in [3.8, 4) is 0 Å². The van der Waals surface area contributed by atoms with Crippen LogP contribution in [0.15, 0.2) is 18.2 Å². The minimum absolute atomic E-state index is 0.0240. The monoisotopic (exact) mass is 264 g/mol. The Labute approximate surface area is 112 Å². The lowest BCUT2D eigenvalue weighted by molar-refractivity contribution is -0.384. The van der Waals surface area contributed by atoms with E-state index in [2.05, 4.69) is 17.1 Å². The summed E-state index contributed by atoms with van der Waals surface area (Å²) in [5, 5.41) is 14.1. The Balaban J connectivity index is 1.99. The van der Waals surface area contributed by atoms with Gasteiger partial charge in [0.05, 0.1) is 4.92 Å². The van der Waals surface area contributed by atoms with Crippen molar-refractivity contribution in [3.05, 3.63) is 28.3 Å². The van der Waals surface area contributed by atoms with Gasteiger partial charge < -0.3 is 16.0 Å². The summed E-state index contributed by atoms with van der Waals surface area (Å²) in [5.74, 6) is 0. The first-order chi connectivity index (χ1) is 9.04. The van der Waals surface area contributed by atoms with Crippen LogP contribution in [0.4, 0.5) is 17.1 Å². The van der Waals surface area contributed by atoms with Gasteiger partial charge in [-0.15, -0.1) is 0 Å². The summed E-state index contributed by atoms with van der Waals surface area (Å²) < 4.78 is 0. The molecule has 1 aromatic carbocycles. The number of nitrogens with one attached hydrogen (secondary N) is 1. The van der Waals surface area contributed by atoms with Crippen LogP contribution in [0.2, 0.25) is 0 Å². The fraction of sp³-hybridized carbons (Fsp3) is 0.538. The molecule has 1 heterocycles. The topological polar surface area (TPSA) is 84.4 Å². The molecule has 0 saturated carbocycles. The molecule has 0 spiro atoms. The minimum Gasteiger partial charge on any atom is -0.398 e. The second-order valence-electron chi connectivity index (χ2n) is 5.12. The first kappa shape index (κ1) is 13.6. The predicted octanol–water partition coefficient (Wildman–Crippen LogP) is 2.07. The zero-order valence-electron chi connectivity index (χ0n) is 11.1. The maximum absolute atomic E-state index is 10.8. The van der Waals surface area contributed by atoms with Crippen LogP contribution >= 0.6 is 0 Å². The molecule has 19 heavy (non-hydrogen) atoms. The Morgan fingerprint density at radius 2 is 2.11 bits per heavy atom. The number of nitro benzene ring substituents is 1. The molecule has 1 atom stereocenters. The second kappa shape index (κ2) is 5.88. The highest BCUT2D eigenvalue weighted by Gasteiger charge is 2.15. The molecule has 0 bridgehead atoms. The number of anilines is 2. The first-order valence-electron chi connectivity index (χ1n) is 6.58. The summed E-state index contributed by atoms with van der Waals surface area (Å²) >= 11 is 0. The van der Waals surface area contributed by atoms with Gasteiger partial charge in [-0.2, -0.15) is 0 Å². The Morgan fingerprint density at radius 3 is 2.74 bits per heavy atom. The summed E-state index contributed by atoms with van der Waals surface area (Å²) in [6.45, 7) is 5.31. The van der Waals surface area contributed by atoms with Crippen molar-refractivity contribution in [2.75, 3.05) is 30.7 Å². The third kappa shape index (κ3) is 3.82. The molecule has 6 nitrogen and oxygen atoms in total. The van der Waals surface area contributed by atoms with E-state index in [1.807, 2.05) is 0 Å². The summed E-state index contributed by atoms with van der Waals surface area (Å²) in [5.41, 5.74) is 6.82. The number of nitro groups is 1. The number of nitrogens with two attached hydrogens (primary N) is 1. The molecule has 104 valence electrons. The predicted molar refractivity (Wildman–Crippen MR) is 76.3 cm³/mol. The van der Waals surface area contributed by atoms with E-state index in [0.29, 0.717) is 11.4 Å². The fourth-order valence-corrected chi connectivity index (χ4v) is 2.51. The molecule has 1 aliphatic rings. The van der Waals surface area contributed by atoms with Crippen LogP contribution in [0.3, 0.4) is 0 Å². The Morgan fingerprint density at radius 1 is 1.42 bits per heavy atom. The lowest BCUT2D eigenvalue weighted by Crippen LogP contribution is -2.32. The minimum atomic E-state index is -0.424. The zero-order chi connectivity index (χ0) is 13.8. The quantitative estimate of drug-likeness (QED) is 0.483. The van der Waals surface area contributed by atoms with Crippen molar-refractivity contribution in [2.45, 2.75) is 25.8 Å². The van der Waals surface area contributed by atoms with Crippen LogP contribution in [0, 0.1) is 10.1 Å². The van der Waals surface area contributed by atoms with E-state index in [1.165, 1.54) is 25.0 Å². The maximum Gasteiger partial charge on any atom is 0.273 e. The lowest BCUT2D eigenvalue weighted by atomic mass is 10.2. The number of nitrogens with zero attached hydrogens (tertiary/aromatic N) is 2. The molecular formula is C13H20N4O2. The maximum atomic E-state index is 10.8. The summed E-state index contributed by atoms with van der Waals surface area (Å²) in [6.07, 6.45) is 2.52. The van der Waals surface area contributed by atoms with Gasteiger partial charge in [-0.25, -0.2) is 0 Å². The summed E-state index contributed by atoms with van der Waals surface area (Å²) in [6, 6.07) is 4.86. The highest BCUT2D eigenvalue weighted by Crippen LogP contribution is 2.23. The van der Waals surface area contributed by atoms with Crippen molar-refractivity contribution in [2.24, 2.45) is 0 Å². The zero-order valence-corrected chi connectivity index (χ0v) is 11.1. The van der Waals surface area contributed by atoms with E-state index in [4.69, 9.17) is 5.73 Å². The third-order valence-corrected chi connectivity index (χ3v) is 3.29. The molecule has 1 fully saturated rings. The molecule has 1 saturated heterocycles. The van der Waals surface area contributed by atoms with E-state index >= 15 is 0 Å². The van der Waals surface area contributed by atoms with Gasteiger partial charge in [-0.1, -0.05) is 0 Å². The Bertz CT molecular complexity index is 458. The molecule has 1 unspecified atom stereocenters. The lowest BCUT2D eigenvalue weighted by Gasteiger charge is -2.22. The van der Waals surface area contributed by atoms with Gasteiger partial charge in [-0.3, -0.25) is 10.1 Å².